The van der Waals surface area contributed by atoms with E-state index in [1.165, 1.54) is 12.8 Å². The van der Waals surface area contributed by atoms with Gasteiger partial charge < -0.3 is 5.11 Å². The Morgan fingerprint density at radius 2 is 1.84 bits per heavy atom. The summed E-state index contributed by atoms with van der Waals surface area (Å²) < 4.78 is 0. The van der Waals surface area contributed by atoms with E-state index in [1.807, 2.05) is 0 Å². The third kappa shape index (κ3) is 2.21. The second kappa shape index (κ2) is 5.09. The molecule has 2 aliphatic carbocycles. The highest BCUT2D eigenvalue weighted by Crippen LogP contribution is 2.58. The monoisotopic (exact) mass is 263 g/mol. The lowest BCUT2D eigenvalue weighted by molar-refractivity contribution is -0.178. The minimum atomic E-state index is -0.791. The maximum absolute atomic E-state index is 11.5. The van der Waals surface area contributed by atoms with E-state index in [2.05, 4.69) is 26.8 Å². The van der Waals surface area contributed by atoms with E-state index >= 15 is 0 Å². The summed E-state index contributed by atoms with van der Waals surface area (Å²) in [6.07, 6.45) is 9.38. The molecule has 2 nitrogen and oxygen atoms in total. The van der Waals surface area contributed by atoms with Crippen molar-refractivity contribution in [3.63, 3.8) is 0 Å². The first-order valence-electron chi connectivity index (χ1n) is 8.04. The van der Waals surface area contributed by atoms with E-state index in [4.69, 9.17) is 0 Å². The smallest absolute Gasteiger partial charge is 0.0883 e. The molecule has 2 saturated carbocycles. The van der Waals surface area contributed by atoms with Crippen molar-refractivity contribution in [2.75, 3.05) is 0 Å². The van der Waals surface area contributed by atoms with Gasteiger partial charge >= 0.3 is 0 Å². The number of aliphatic hydroxyl groups is 1. The summed E-state index contributed by atoms with van der Waals surface area (Å²) in [6, 6.07) is 2.60. The molecule has 0 amide bonds. The largest absolute Gasteiger partial charge is 0.388 e. The zero-order chi connectivity index (χ0) is 14.1. The summed E-state index contributed by atoms with van der Waals surface area (Å²) in [6.45, 7) is 6.55. The first-order chi connectivity index (χ1) is 8.91. The van der Waals surface area contributed by atoms with Gasteiger partial charge in [0.05, 0.1) is 17.1 Å². The van der Waals surface area contributed by atoms with Crippen LogP contribution in [-0.4, -0.2) is 10.7 Å². The summed E-state index contributed by atoms with van der Waals surface area (Å²) in [5, 5.41) is 21.4. The van der Waals surface area contributed by atoms with E-state index in [-0.39, 0.29) is 5.41 Å². The van der Waals surface area contributed by atoms with E-state index in [1.54, 1.807) is 0 Å². The van der Waals surface area contributed by atoms with Crippen LogP contribution in [0.1, 0.15) is 78.6 Å². The van der Waals surface area contributed by atoms with Crippen LogP contribution < -0.4 is 0 Å². The van der Waals surface area contributed by atoms with Gasteiger partial charge in [-0.2, -0.15) is 5.26 Å². The van der Waals surface area contributed by atoms with Crippen LogP contribution >= 0.6 is 0 Å². The van der Waals surface area contributed by atoms with Gasteiger partial charge in [-0.3, -0.25) is 0 Å². The molecule has 2 rings (SSSR count). The molecule has 3 unspecified atom stereocenters. The molecule has 0 spiro atoms. The van der Waals surface area contributed by atoms with Crippen LogP contribution in [0, 0.1) is 28.1 Å². The molecule has 0 bridgehead atoms. The predicted octanol–water partition coefficient (Wildman–Crippen LogP) is 4.43. The highest BCUT2D eigenvalue weighted by molar-refractivity contribution is 5.18. The van der Waals surface area contributed by atoms with Crippen LogP contribution in [0.5, 0.6) is 0 Å². The summed E-state index contributed by atoms with van der Waals surface area (Å²) in [5.74, 6) is 0.621. The highest BCUT2D eigenvalue weighted by Gasteiger charge is 2.60. The van der Waals surface area contributed by atoms with Crippen LogP contribution in [0.15, 0.2) is 0 Å². The third-order valence-corrected chi connectivity index (χ3v) is 6.15. The summed E-state index contributed by atoms with van der Waals surface area (Å²) in [4.78, 5) is 0. The van der Waals surface area contributed by atoms with E-state index in [0.717, 1.165) is 44.9 Å². The molecule has 0 radical (unpaired) electrons. The quantitative estimate of drug-likeness (QED) is 0.801. The lowest BCUT2D eigenvalue weighted by Gasteiger charge is -2.57. The molecule has 0 aromatic carbocycles. The van der Waals surface area contributed by atoms with Gasteiger partial charge in [0.25, 0.3) is 0 Å². The van der Waals surface area contributed by atoms with Gasteiger partial charge in [-0.05, 0) is 37.0 Å². The maximum atomic E-state index is 11.5. The van der Waals surface area contributed by atoms with Crippen molar-refractivity contribution in [2.24, 2.45) is 16.7 Å². The number of rotatable bonds is 2. The molecule has 19 heavy (non-hydrogen) atoms. The first-order valence-corrected chi connectivity index (χ1v) is 8.04. The zero-order valence-electron chi connectivity index (χ0n) is 12.8. The molecule has 0 aromatic heterocycles. The Morgan fingerprint density at radius 3 is 2.42 bits per heavy atom. The highest BCUT2D eigenvalue weighted by atomic mass is 16.3. The van der Waals surface area contributed by atoms with Crippen molar-refractivity contribution in [3.05, 3.63) is 0 Å². The molecule has 108 valence electrons. The summed E-state index contributed by atoms with van der Waals surface area (Å²) in [7, 11) is 0. The predicted molar refractivity (Wildman–Crippen MR) is 77.5 cm³/mol. The van der Waals surface area contributed by atoms with Gasteiger partial charge in [0.1, 0.15) is 0 Å². The van der Waals surface area contributed by atoms with Crippen LogP contribution in [0.25, 0.3) is 0 Å². The molecular weight excluding hydrogens is 234 g/mol. The molecule has 2 aliphatic rings. The van der Waals surface area contributed by atoms with Crippen molar-refractivity contribution in [1.82, 2.24) is 0 Å². The minimum Gasteiger partial charge on any atom is -0.388 e. The molecule has 3 atom stereocenters. The van der Waals surface area contributed by atoms with Crippen molar-refractivity contribution in [3.8, 4) is 6.07 Å². The normalized spacial score (nSPS) is 42.6. The SMILES string of the molecule is CCC1CCCC(C#N)(C2(O)CCCCC2(C)C)C1. The Morgan fingerprint density at radius 1 is 1.16 bits per heavy atom. The lowest BCUT2D eigenvalue weighted by Crippen LogP contribution is -2.60. The van der Waals surface area contributed by atoms with Gasteiger partial charge in [0.15, 0.2) is 0 Å². The maximum Gasteiger partial charge on any atom is 0.0883 e. The summed E-state index contributed by atoms with van der Waals surface area (Å²) in [5.41, 5.74) is -1.42. The average molecular weight is 263 g/mol. The van der Waals surface area contributed by atoms with Crippen molar-refractivity contribution in [2.45, 2.75) is 84.2 Å². The van der Waals surface area contributed by atoms with Crippen LogP contribution in [0.2, 0.25) is 0 Å². The van der Waals surface area contributed by atoms with Gasteiger partial charge in [0.2, 0.25) is 0 Å². The van der Waals surface area contributed by atoms with E-state index in [0.29, 0.717) is 5.92 Å². The average Bonchev–Trinajstić information content (AvgIpc) is 2.42. The fourth-order valence-electron chi connectivity index (χ4n) is 4.69. The van der Waals surface area contributed by atoms with Crippen LogP contribution in [-0.2, 0) is 0 Å². The van der Waals surface area contributed by atoms with Crippen molar-refractivity contribution < 1.29 is 5.11 Å². The number of hydrogen-bond donors (Lipinski definition) is 1. The van der Waals surface area contributed by atoms with Gasteiger partial charge in [-0.25, -0.2) is 0 Å². The number of hydrogen-bond acceptors (Lipinski definition) is 2. The number of nitrogens with zero attached hydrogens (tertiary/aromatic N) is 1. The minimum absolute atomic E-state index is 0.128. The fraction of sp³-hybridized carbons (Fsp3) is 0.941. The van der Waals surface area contributed by atoms with Crippen molar-refractivity contribution in [1.29, 1.82) is 5.26 Å². The molecule has 0 saturated heterocycles. The standard InChI is InChI=1S/C17H29NO/c1-4-14-8-7-10-16(12-14,13-18)17(19)11-6-5-9-15(17,2)3/h14,19H,4-12H2,1-3H3. The first kappa shape index (κ1) is 14.9. The Balaban J connectivity index is 2.36. The zero-order valence-corrected chi connectivity index (χ0v) is 12.8. The second-order valence-corrected chi connectivity index (χ2v) is 7.52. The van der Waals surface area contributed by atoms with Crippen LogP contribution in [0.3, 0.4) is 0 Å². The van der Waals surface area contributed by atoms with Gasteiger partial charge in [-0.1, -0.05) is 52.9 Å². The van der Waals surface area contributed by atoms with Crippen molar-refractivity contribution >= 4 is 0 Å². The topological polar surface area (TPSA) is 44.0 Å². The molecule has 2 heteroatoms. The summed E-state index contributed by atoms with van der Waals surface area (Å²) >= 11 is 0. The van der Waals surface area contributed by atoms with E-state index < -0.39 is 11.0 Å². The van der Waals surface area contributed by atoms with Gasteiger partial charge in [-0.15, -0.1) is 0 Å². The lowest BCUT2D eigenvalue weighted by atomic mass is 9.49. The fourth-order valence-corrected chi connectivity index (χ4v) is 4.69. The van der Waals surface area contributed by atoms with Gasteiger partial charge in [0, 0.05) is 0 Å². The van der Waals surface area contributed by atoms with Crippen LogP contribution in [0.4, 0.5) is 0 Å². The van der Waals surface area contributed by atoms with E-state index in [9.17, 15) is 10.4 Å². The molecular formula is C17H29NO. The molecule has 1 N–H and O–H groups in total. The molecule has 2 fully saturated rings. The third-order valence-electron chi connectivity index (χ3n) is 6.15. The number of nitriles is 1. The Labute approximate surface area is 118 Å². The molecule has 0 aromatic rings. The Hall–Kier alpha value is -0.550. The molecule has 0 heterocycles. The second-order valence-electron chi connectivity index (χ2n) is 7.52. The Kier molecular flexibility index (Phi) is 3.98. The molecule has 0 aliphatic heterocycles. The Bertz CT molecular complexity index is 370.